The third-order valence-corrected chi connectivity index (χ3v) is 12.7. The van der Waals surface area contributed by atoms with Gasteiger partial charge < -0.3 is 10.2 Å². The van der Waals surface area contributed by atoms with Crippen molar-refractivity contribution < 1.29 is 41.8 Å². The summed E-state index contributed by atoms with van der Waals surface area (Å²) in [5.74, 6) is -3.19. The van der Waals surface area contributed by atoms with E-state index in [0.717, 1.165) is 70.6 Å². The van der Waals surface area contributed by atoms with Crippen LogP contribution in [0.5, 0.6) is 5.75 Å². The Morgan fingerprint density at radius 3 is 2.30 bits per heavy atom. The van der Waals surface area contributed by atoms with Crippen LogP contribution in [0, 0.1) is 40.4 Å². The standard InChI is InChI=1S/C35H45F5O4/c36-34(37,35(38,39)40)15-8-11-21(31(43)44)9-6-4-2-1-3-5-7-10-22-17-23-18-24(41)12-13-25(23)26-14-16-32-27(30(22)26)19-29(42)33(32)20-28(32)33/h12-13,18,21-22,26-28,30,41H,1-11,14-17,19-20H2,(H,43,44)/t21?,22-,26?,27?,28?,30?,32?,33?/m1/s1. The van der Waals surface area contributed by atoms with Crippen molar-refractivity contribution in [3.63, 3.8) is 0 Å². The first-order valence-corrected chi connectivity index (χ1v) is 16.9. The van der Waals surface area contributed by atoms with Gasteiger partial charge in [-0.15, -0.1) is 0 Å². The molecule has 0 heterocycles. The zero-order valence-corrected chi connectivity index (χ0v) is 25.3. The number of carboxylic acid groups (broad SMARTS) is 1. The summed E-state index contributed by atoms with van der Waals surface area (Å²) >= 11 is 0. The van der Waals surface area contributed by atoms with E-state index in [-0.39, 0.29) is 11.8 Å². The van der Waals surface area contributed by atoms with Crippen LogP contribution >= 0.6 is 0 Å². The largest absolute Gasteiger partial charge is 0.508 e. The van der Waals surface area contributed by atoms with E-state index in [1.165, 1.54) is 17.5 Å². The van der Waals surface area contributed by atoms with Gasteiger partial charge >= 0.3 is 18.1 Å². The van der Waals surface area contributed by atoms with Crippen molar-refractivity contribution in [3.05, 3.63) is 29.3 Å². The first-order chi connectivity index (χ1) is 20.8. The third-order valence-electron chi connectivity index (χ3n) is 12.7. The number of alkyl halides is 5. The number of benzene rings is 1. The van der Waals surface area contributed by atoms with Gasteiger partial charge in [0, 0.05) is 18.3 Å². The Morgan fingerprint density at radius 1 is 0.955 bits per heavy atom. The maximum atomic E-state index is 13.1. The van der Waals surface area contributed by atoms with Crippen molar-refractivity contribution in [1.82, 2.24) is 0 Å². The lowest BCUT2D eigenvalue weighted by atomic mass is 9.53. The van der Waals surface area contributed by atoms with Gasteiger partial charge in [-0.3, -0.25) is 9.59 Å². The number of aromatic hydroxyl groups is 1. The van der Waals surface area contributed by atoms with Gasteiger partial charge in [0.05, 0.1) is 5.92 Å². The highest BCUT2D eigenvalue weighted by molar-refractivity contribution is 5.98. The van der Waals surface area contributed by atoms with Crippen LogP contribution in [0.2, 0.25) is 0 Å². The molecule has 4 fully saturated rings. The molecule has 1 aromatic rings. The molecule has 9 heteroatoms. The molecule has 2 N–H and O–H groups in total. The first-order valence-electron chi connectivity index (χ1n) is 16.9. The molecule has 7 unspecified atom stereocenters. The van der Waals surface area contributed by atoms with Crippen LogP contribution in [0.3, 0.4) is 0 Å². The molecule has 0 amide bonds. The zero-order valence-electron chi connectivity index (χ0n) is 25.3. The number of rotatable bonds is 15. The average molecular weight is 625 g/mol. The van der Waals surface area contributed by atoms with Crippen molar-refractivity contribution in [2.75, 3.05) is 0 Å². The molecule has 4 saturated carbocycles. The molecule has 5 aliphatic carbocycles. The molecule has 8 atom stereocenters. The molecule has 0 bridgehead atoms. The quantitative estimate of drug-likeness (QED) is 0.151. The molecule has 244 valence electrons. The van der Waals surface area contributed by atoms with Crippen LogP contribution in [-0.2, 0) is 16.0 Å². The number of aliphatic carboxylic acids is 1. The van der Waals surface area contributed by atoms with Crippen LogP contribution in [0.1, 0.15) is 120 Å². The lowest BCUT2D eigenvalue weighted by molar-refractivity contribution is -0.284. The summed E-state index contributed by atoms with van der Waals surface area (Å²) in [7, 11) is 0. The second kappa shape index (κ2) is 11.6. The Kier molecular flexibility index (Phi) is 8.35. The van der Waals surface area contributed by atoms with Crippen LogP contribution in [-0.4, -0.2) is 34.1 Å². The van der Waals surface area contributed by atoms with Crippen LogP contribution in [0.4, 0.5) is 22.0 Å². The van der Waals surface area contributed by atoms with Crippen LogP contribution in [0.25, 0.3) is 0 Å². The van der Waals surface area contributed by atoms with Gasteiger partial charge in [0.25, 0.3) is 0 Å². The number of carbonyl (C=O) groups excluding carboxylic acids is 1. The van der Waals surface area contributed by atoms with Gasteiger partial charge in [-0.2, -0.15) is 22.0 Å². The van der Waals surface area contributed by atoms with E-state index in [1.807, 2.05) is 12.1 Å². The van der Waals surface area contributed by atoms with E-state index in [9.17, 15) is 41.8 Å². The first kappa shape index (κ1) is 31.8. The van der Waals surface area contributed by atoms with Gasteiger partial charge in [0.1, 0.15) is 11.5 Å². The predicted octanol–water partition coefficient (Wildman–Crippen LogP) is 9.23. The summed E-state index contributed by atoms with van der Waals surface area (Å²) < 4.78 is 63.3. The van der Waals surface area contributed by atoms with Crippen molar-refractivity contribution in [2.24, 2.45) is 40.4 Å². The maximum absolute atomic E-state index is 13.1. The zero-order chi connectivity index (χ0) is 31.5. The smallest absolute Gasteiger partial charge is 0.453 e. The molecule has 0 aliphatic heterocycles. The molecule has 0 aromatic heterocycles. The minimum Gasteiger partial charge on any atom is -0.508 e. The normalized spacial score (nSPS) is 33.9. The van der Waals surface area contributed by atoms with Crippen molar-refractivity contribution in [2.45, 2.75) is 127 Å². The number of hydrogen-bond acceptors (Lipinski definition) is 3. The van der Waals surface area contributed by atoms with E-state index in [0.29, 0.717) is 59.4 Å². The highest BCUT2D eigenvalue weighted by Crippen LogP contribution is 2.97. The Morgan fingerprint density at radius 2 is 1.64 bits per heavy atom. The molecule has 0 radical (unpaired) electrons. The van der Waals surface area contributed by atoms with Gasteiger partial charge in [0.15, 0.2) is 0 Å². The van der Waals surface area contributed by atoms with E-state index >= 15 is 0 Å². The Bertz CT molecular complexity index is 1260. The van der Waals surface area contributed by atoms with Crippen LogP contribution in [0.15, 0.2) is 18.2 Å². The number of hydrogen-bond donors (Lipinski definition) is 2. The summed E-state index contributed by atoms with van der Waals surface area (Å²) in [6, 6.07) is 5.89. The third kappa shape index (κ3) is 5.26. The molecule has 6 rings (SSSR count). The van der Waals surface area contributed by atoms with Crippen molar-refractivity contribution >= 4 is 11.8 Å². The SMILES string of the molecule is O=C(O)C(CCCCCCCCC[C@@H]1Cc2cc(O)ccc2C2CCC34C(CC(=O)C35CC54)C21)CCCC(F)(F)C(F)(F)F. The predicted molar refractivity (Wildman–Crippen MR) is 154 cm³/mol. The van der Waals surface area contributed by atoms with Gasteiger partial charge in [-0.05, 0) is 110 Å². The summed E-state index contributed by atoms with van der Waals surface area (Å²) in [5, 5.41) is 19.6. The number of carboxylic acids is 1. The fraction of sp³-hybridized carbons (Fsp3) is 0.771. The fourth-order valence-electron chi connectivity index (χ4n) is 10.5. The highest BCUT2D eigenvalue weighted by Gasteiger charge is 2.96. The van der Waals surface area contributed by atoms with E-state index in [2.05, 4.69) is 6.07 Å². The van der Waals surface area contributed by atoms with Crippen molar-refractivity contribution in [1.29, 1.82) is 0 Å². The highest BCUT2D eigenvalue weighted by atomic mass is 19.4. The molecule has 4 nitrogen and oxygen atoms in total. The lowest BCUT2D eigenvalue weighted by Gasteiger charge is -2.51. The van der Waals surface area contributed by atoms with Crippen LogP contribution < -0.4 is 0 Å². The number of fused-ring (bicyclic) bond motifs is 4. The minimum atomic E-state index is -5.60. The number of Topliss-reactive ketones (excluding diaryl/α,β-unsaturated/α-hetero) is 1. The van der Waals surface area contributed by atoms with E-state index < -0.39 is 36.8 Å². The number of ketones is 1. The van der Waals surface area contributed by atoms with E-state index in [1.54, 1.807) is 0 Å². The van der Waals surface area contributed by atoms with E-state index in [4.69, 9.17) is 0 Å². The molecule has 0 saturated heterocycles. The molecule has 44 heavy (non-hydrogen) atoms. The van der Waals surface area contributed by atoms with Crippen molar-refractivity contribution in [3.8, 4) is 5.75 Å². The minimum absolute atomic E-state index is 0.0642. The second-order valence-corrected chi connectivity index (χ2v) is 14.8. The summed E-state index contributed by atoms with van der Waals surface area (Å²) in [5.41, 5.74) is 3.05. The summed E-state index contributed by atoms with van der Waals surface area (Å²) in [6.45, 7) is 0. The topological polar surface area (TPSA) is 74.6 Å². The molecular formula is C35H45F5O4. The number of phenols is 1. The van der Waals surface area contributed by atoms with Gasteiger partial charge in [0.2, 0.25) is 0 Å². The number of unbranched alkanes of at least 4 members (excludes halogenated alkanes) is 6. The molecular weight excluding hydrogens is 579 g/mol. The van der Waals surface area contributed by atoms with Gasteiger partial charge in [-0.1, -0.05) is 51.0 Å². The second-order valence-electron chi connectivity index (χ2n) is 14.8. The number of phenolic OH excluding ortho intramolecular Hbond substituents is 1. The molecule has 2 spiro atoms. The number of halogens is 5. The summed E-state index contributed by atoms with van der Waals surface area (Å²) in [6.07, 6.45) is 5.70. The Balaban J connectivity index is 0.924. The molecule has 5 aliphatic rings. The molecule has 1 aromatic carbocycles. The fourth-order valence-corrected chi connectivity index (χ4v) is 10.5. The lowest BCUT2D eigenvalue weighted by Crippen LogP contribution is -2.43. The number of carbonyl (C=O) groups is 2. The Labute approximate surface area is 256 Å². The average Bonchev–Trinajstić information content (AvgIpc) is 3.82. The van der Waals surface area contributed by atoms with Gasteiger partial charge in [-0.25, -0.2) is 0 Å². The maximum Gasteiger partial charge on any atom is 0.453 e. The Hall–Kier alpha value is -2.19. The monoisotopic (exact) mass is 624 g/mol. The summed E-state index contributed by atoms with van der Waals surface area (Å²) in [4.78, 5) is 24.5.